The van der Waals surface area contributed by atoms with Crippen molar-refractivity contribution >= 4 is 17.9 Å². The van der Waals surface area contributed by atoms with Crippen LogP contribution in [0.25, 0.3) is 0 Å². The third-order valence-corrected chi connectivity index (χ3v) is 12.7. The molecule has 0 bridgehead atoms. The summed E-state index contributed by atoms with van der Waals surface area (Å²) in [5, 5.41) is 0. The van der Waals surface area contributed by atoms with E-state index >= 15 is 0 Å². The van der Waals surface area contributed by atoms with Gasteiger partial charge in [-0.25, -0.2) is 0 Å². The number of hydrogen-bond donors (Lipinski definition) is 0. The molecule has 0 aromatic heterocycles. The summed E-state index contributed by atoms with van der Waals surface area (Å²) in [7, 11) is 0. The van der Waals surface area contributed by atoms with Gasteiger partial charge in [-0.3, -0.25) is 14.4 Å². The van der Waals surface area contributed by atoms with Crippen molar-refractivity contribution < 1.29 is 28.6 Å². The number of allylic oxidation sites excluding steroid dienone is 18. The maximum absolute atomic E-state index is 12.9. The number of esters is 3. The van der Waals surface area contributed by atoms with Crippen LogP contribution in [0.3, 0.4) is 0 Å². The van der Waals surface area contributed by atoms with Gasteiger partial charge in [-0.05, 0) is 128 Å². The van der Waals surface area contributed by atoms with E-state index in [0.29, 0.717) is 19.3 Å². The quantitative estimate of drug-likeness (QED) is 0.0261. The summed E-state index contributed by atoms with van der Waals surface area (Å²) in [6.45, 7) is 6.47. The molecule has 416 valence electrons. The highest BCUT2D eigenvalue weighted by atomic mass is 16.6. The molecule has 73 heavy (non-hydrogen) atoms. The van der Waals surface area contributed by atoms with Gasteiger partial charge in [-0.2, -0.15) is 0 Å². The topological polar surface area (TPSA) is 78.9 Å². The smallest absolute Gasteiger partial charge is 0.306 e. The van der Waals surface area contributed by atoms with Crippen molar-refractivity contribution in [1.82, 2.24) is 0 Å². The van der Waals surface area contributed by atoms with E-state index in [0.717, 1.165) is 148 Å². The Labute approximate surface area is 450 Å². The zero-order valence-electron chi connectivity index (χ0n) is 47.6. The van der Waals surface area contributed by atoms with Crippen molar-refractivity contribution in [2.45, 2.75) is 284 Å². The van der Waals surface area contributed by atoms with Gasteiger partial charge in [0.2, 0.25) is 0 Å². The molecule has 0 N–H and O–H groups in total. The summed E-state index contributed by atoms with van der Waals surface area (Å²) in [6.07, 6.45) is 82.1. The van der Waals surface area contributed by atoms with Crippen LogP contribution in [0.4, 0.5) is 0 Å². The predicted octanol–water partition coefficient (Wildman–Crippen LogP) is 20.7. The van der Waals surface area contributed by atoms with E-state index in [2.05, 4.69) is 130 Å². The normalized spacial score (nSPS) is 12.9. The Bertz CT molecular complexity index is 1490. The van der Waals surface area contributed by atoms with E-state index in [1.54, 1.807) is 0 Å². The lowest BCUT2D eigenvalue weighted by Gasteiger charge is -2.18. The van der Waals surface area contributed by atoms with Gasteiger partial charge >= 0.3 is 17.9 Å². The second-order valence-corrected chi connectivity index (χ2v) is 19.9. The molecule has 0 saturated heterocycles. The predicted molar refractivity (Wildman–Crippen MR) is 316 cm³/mol. The van der Waals surface area contributed by atoms with Gasteiger partial charge < -0.3 is 14.2 Å². The van der Waals surface area contributed by atoms with Crippen LogP contribution < -0.4 is 0 Å². The van der Waals surface area contributed by atoms with E-state index in [9.17, 15) is 14.4 Å². The minimum atomic E-state index is -0.800. The molecule has 0 aliphatic rings. The van der Waals surface area contributed by atoms with Gasteiger partial charge in [0, 0.05) is 19.3 Å². The Morgan fingerprint density at radius 1 is 0.288 bits per heavy atom. The summed E-state index contributed by atoms with van der Waals surface area (Å²) in [5.41, 5.74) is 0. The van der Waals surface area contributed by atoms with Crippen molar-refractivity contribution in [2.75, 3.05) is 13.2 Å². The molecule has 0 fully saturated rings. The first-order chi connectivity index (χ1) is 36.0. The first kappa shape index (κ1) is 69.1. The molecule has 0 aromatic carbocycles. The first-order valence-electron chi connectivity index (χ1n) is 30.4. The largest absolute Gasteiger partial charge is 0.462 e. The Morgan fingerprint density at radius 2 is 0.534 bits per heavy atom. The van der Waals surface area contributed by atoms with Crippen molar-refractivity contribution in [1.29, 1.82) is 0 Å². The van der Waals surface area contributed by atoms with Gasteiger partial charge in [0.1, 0.15) is 13.2 Å². The zero-order chi connectivity index (χ0) is 52.9. The first-order valence-corrected chi connectivity index (χ1v) is 30.4. The zero-order valence-corrected chi connectivity index (χ0v) is 47.6. The second kappa shape index (κ2) is 60.6. The maximum Gasteiger partial charge on any atom is 0.306 e. The summed E-state index contributed by atoms with van der Waals surface area (Å²) >= 11 is 0. The van der Waals surface area contributed by atoms with Crippen LogP contribution in [-0.4, -0.2) is 37.2 Å². The Kier molecular flexibility index (Phi) is 57.4. The lowest BCUT2D eigenvalue weighted by molar-refractivity contribution is -0.167. The molecule has 6 nitrogen and oxygen atoms in total. The van der Waals surface area contributed by atoms with E-state index in [1.165, 1.54) is 89.9 Å². The van der Waals surface area contributed by atoms with Crippen LogP contribution in [0, 0.1) is 0 Å². The van der Waals surface area contributed by atoms with Crippen LogP contribution >= 0.6 is 0 Å². The molecule has 6 heteroatoms. The molecule has 0 aliphatic carbocycles. The van der Waals surface area contributed by atoms with E-state index < -0.39 is 6.10 Å². The van der Waals surface area contributed by atoms with E-state index in [1.807, 2.05) is 0 Å². The molecule has 0 spiro atoms. The van der Waals surface area contributed by atoms with Gasteiger partial charge in [0.15, 0.2) is 6.10 Å². The molecule has 0 radical (unpaired) electrons. The fraction of sp³-hybridized carbons (Fsp3) is 0.687. The highest BCUT2D eigenvalue weighted by molar-refractivity contribution is 5.71. The summed E-state index contributed by atoms with van der Waals surface area (Å²) in [4.78, 5) is 38.3. The summed E-state index contributed by atoms with van der Waals surface area (Å²) in [5.74, 6) is -0.931. The van der Waals surface area contributed by atoms with Gasteiger partial charge in [-0.1, -0.05) is 239 Å². The molecule has 0 amide bonds. The van der Waals surface area contributed by atoms with Gasteiger partial charge in [0.25, 0.3) is 0 Å². The minimum Gasteiger partial charge on any atom is -0.462 e. The van der Waals surface area contributed by atoms with Crippen molar-refractivity contribution in [3.8, 4) is 0 Å². The lowest BCUT2D eigenvalue weighted by Crippen LogP contribution is -2.30. The van der Waals surface area contributed by atoms with E-state index in [-0.39, 0.29) is 31.1 Å². The molecule has 0 saturated carbocycles. The van der Waals surface area contributed by atoms with Crippen LogP contribution in [0.2, 0.25) is 0 Å². The minimum absolute atomic E-state index is 0.0961. The fourth-order valence-corrected chi connectivity index (χ4v) is 8.18. The standard InChI is InChI=1S/C67H112O6/c1-4-7-10-13-16-19-22-25-28-31-33-34-35-37-39-42-45-48-51-54-57-60-66(69)72-63-64(62-71-65(68)59-56-53-50-47-44-41-38-30-27-24-21-18-15-12-9-6-3)73-67(70)61-58-55-52-49-46-43-40-36-32-29-26-23-20-17-14-11-8-5-2/h7,10,16,19-21,23-25,28-30,32-34,37-39,64H,4-6,8-9,11-15,17-18,22,26-27,31,35-36,40-63H2,1-3H3/b10-7-,19-16-,23-20-,24-21-,28-25-,32-29-,34-33-,38-30-,39-37-. The molecule has 0 aliphatic heterocycles. The lowest BCUT2D eigenvalue weighted by atomic mass is 10.1. The monoisotopic (exact) mass is 1010 g/mol. The summed E-state index contributed by atoms with van der Waals surface area (Å²) in [6, 6.07) is 0. The molecule has 1 unspecified atom stereocenters. The average Bonchev–Trinajstić information content (AvgIpc) is 3.39. The molecule has 0 aromatic rings. The van der Waals surface area contributed by atoms with Crippen LogP contribution in [0.15, 0.2) is 109 Å². The number of unbranched alkanes of at least 4 members (excludes halogenated alkanes) is 25. The second-order valence-electron chi connectivity index (χ2n) is 19.9. The van der Waals surface area contributed by atoms with Crippen molar-refractivity contribution in [3.05, 3.63) is 109 Å². The highest BCUT2D eigenvalue weighted by Crippen LogP contribution is 2.14. The number of ether oxygens (including phenoxy) is 3. The molecular weight excluding hydrogens is 901 g/mol. The Morgan fingerprint density at radius 3 is 0.836 bits per heavy atom. The maximum atomic E-state index is 12.9. The van der Waals surface area contributed by atoms with Crippen LogP contribution in [-0.2, 0) is 28.6 Å². The Balaban J connectivity index is 4.47. The number of rotatable bonds is 54. The van der Waals surface area contributed by atoms with Gasteiger partial charge in [-0.15, -0.1) is 0 Å². The molecular formula is C67H112O6. The SMILES string of the molecule is CC/C=C\C/C=C\C/C=C\C/C=C\C/C=C\CCCCCCCC(=O)OCC(COC(=O)CCCCCCC/C=C\C/C=C\CCCCCC)OC(=O)CCCCCCCCC/C=C\C/C=C\CCCCCC. The van der Waals surface area contributed by atoms with Crippen LogP contribution in [0.5, 0.6) is 0 Å². The molecule has 0 rings (SSSR count). The Hall–Kier alpha value is -3.93. The number of hydrogen-bond acceptors (Lipinski definition) is 6. The number of carbonyl (C=O) groups is 3. The average molecular weight is 1010 g/mol. The third kappa shape index (κ3) is 58.8. The highest BCUT2D eigenvalue weighted by Gasteiger charge is 2.19. The molecule has 0 heterocycles. The fourth-order valence-electron chi connectivity index (χ4n) is 8.18. The third-order valence-electron chi connectivity index (χ3n) is 12.7. The molecule has 1 atom stereocenters. The van der Waals surface area contributed by atoms with E-state index in [4.69, 9.17) is 14.2 Å². The van der Waals surface area contributed by atoms with Crippen LogP contribution in [0.1, 0.15) is 278 Å². The number of carbonyl (C=O) groups excluding carboxylic acids is 3. The van der Waals surface area contributed by atoms with Gasteiger partial charge in [0.05, 0.1) is 0 Å². The summed E-state index contributed by atoms with van der Waals surface area (Å²) < 4.78 is 16.9. The van der Waals surface area contributed by atoms with Crippen molar-refractivity contribution in [3.63, 3.8) is 0 Å². The van der Waals surface area contributed by atoms with Crippen molar-refractivity contribution in [2.24, 2.45) is 0 Å².